The number of amides is 3. The Balaban J connectivity index is 1.77. The van der Waals surface area contributed by atoms with Crippen LogP contribution in [0.5, 0.6) is 0 Å². The minimum atomic E-state index is -0.727. The third-order valence-electron chi connectivity index (χ3n) is 3.18. The van der Waals surface area contributed by atoms with Crippen LogP contribution in [-0.2, 0) is 6.54 Å². The summed E-state index contributed by atoms with van der Waals surface area (Å²) in [6.07, 6.45) is 3.29. The fourth-order valence-electron chi connectivity index (χ4n) is 2.11. The van der Waals surface area contributed by atoms with Crippen molar-refractivity contribution in [3.63, 3.8) is 0 Å². The van der Waals surface area contributed by atoms with Crippen molar-refractivity contribution < 1.29 is 14.1 Å². The van der Waals surface area contributed by atoms with Crippen molar-refractivity contribution in [2.45, 2.75) is 6.54 Å². The van der Waals surface area contributed by atoms with E-state index in [1.165, 1.54) is 0 Å². The molecule has 2 heterocycles. The second-order valence-electron chi connectivity index (χ2n) is 4.74. The first kappa shape index (κ1) is 14.5. The van der Waals surface area contributed by atoms with Gasteiger partial charge in [-0.05, 0) is 29.8 Å². The highest BCUT2D eigenvalue weighted by atomic mass is 16.5. The number of benzene rings is 1. The van der Waals surface area contributed by atoms with E-state index in [-0.39, 0.29) is 5.69 Å². The van der Waals surface area contributed by atoms with Gasteiger partial charge in [0.05, 0.1) is 11.1 Å². The molecule has 0 aliphatic rings. The minimum Gasteiger partial charge on any atom is -0.364 e. The second kappa shape index (κ2) is 6.14. The van der Waals surface area contributed by atoms with Crippen molar-refractivity contribution in [1.82, 2.24) is 15.5 Å². The summed E-state index contributed by atoms with van der Waals surface area (Å²) in [4.78, 5) is 27.3. The summed E-state index contributed by atoms with van der Waals surface area (Å²) >= 11 is 0. The molecule has 4 N–H and O–H groups in total. The number of carbonyl (C=O) groups is 2. The number of carbonyl (C=O) groups excluding carboxylic acids is 2. The molecule has 0 fully saturated rings. The van der Waals surface area contributed by atoms with Crippen LogP contribution in [0.1, 0.15) is 16.1 Å². The van der Waals surface area contributed by atoms with E-state index >= 15 is 0 Å². The van der Waals surface area contributed by atoms with Crippen molar-refractivity contribution in [3.05, 3.63) is 54.0 Å². The molecule has 0 saturated carbocycles. The second-order valence-corrected chi connectivity index (χ2v) is 4.74. The summed E-state index contributed by atoms with van der Waals surface area (Å²) in [6, 6.07) is 8.12. The molecule has 0 saturated heterocycles. The van der Waals surface area contributed by atoms with Crippen LogP contribution in [0.2, 0.25) is 0 Å². The van der Waals surface area contributed by atoms with Crippen LogP contribution in [0, 0.1) is 0 Å². The Labute approximate surface area is 130 Å². The zero-order chi connectivity index (χ0) is 16.2. The highest BCUT2D eigenvalue weighted by molar-refractivity contribution is 6.10. The van der Waals surface area contributed by atoms with E-state index in [1.807, 2.05) is 0 Å². The Hall–Kier alpha value is -3.42. The van der Waals surface area contributed by atoms with Gasteiger partial charge in [0.25, 0.3) is 5.91 Å². The maximum Gasteiger partial charge on any atom is 0.319 e. The van der Waals surface area contributed by atoms with Gasteiger partial charge >= 0.3 is 6.03 Å². The molecule has 0 aliphatic carbocycles. The maximum absolute atomic E-state index is 12.0. The van der Waals surface area contributed by atoms with Crippen LogP contribution in [-0.4, -0.2) is 22.1 Å². The van der Waals surface area contributed by atoms with E-state index in [2.05, 4.69) is 20.8 Å². The Bertz CT molecular complexity index is 860. The molecule has 0 bridgehead atoms. The van der Waals surface area contributed by atoms with Crippen LogP contribution in [0.4, 0.5) is 10.5 Å². The first-order chi connectivity index (χ1) is 11.1. The van der Waals surface area contributed by atoms with Crippen molar-refractivity contribution >= 4 is 28.6 Å². The first-order valence-electron chi connectivity index (χ1n) is 6.77. The fraction of sp³-hybridized carbons (Fsp3) is 0.0667. The Kier molecular flexibility index (Phi) is 3.88. The molecule has 3 rings (SSSR count). The number of hydrogen-bond acceptors (Lipinski definition) is 5. The lowest BCUT2D eigenvalue weighted by Gasteiger charge is -2.08. The fourth-order valence-corrected chi connectivity index (χ4v) is 2.11. The number of fused-ring (bicyclic) bond motifs is 1. The summed E-state index contributed by atoms with van der Waals surface area (Å²) in [5.74, 6) is -0.727. The van der Waals surface area contributed by atoms with E-state index in [9.17, 15) is 9.59 Å². The molecular weight excluding hydrogens is 298 g/mol. The van der Waals surface area contributed by atoms with Crippen LogP contribution in [0.25, 0.3) is 11.0 Å². The zero-order valence-electron chi connectivity index (χ0n) is 11.9. The highest BCUT2D eigenvalue weighted by Gasteiger charge is 2.17. The summed E-state index contributed by atoms with van der Waals surface area (Å²) in [7, 11) is 0. The molecule has 0 spiro atoms. The van der Waals surface area contributed by atoms with E-state index in [4.69, 9.17) is 10.3 Å². The van der Waals surface area contributed by atoms with E-state index in [1.54, 1.807) is 42.7 Å². The molecule has 2 aromatic heterocycles. The van der Waals surface area contributed by atoms with Gasteiger partial charge in [0, 0.05) is 18.9 Å². The topological polar surface area (TPSA) is 123 Å². The molecular formula is C15H13N5O3. The minimum absolute atomic E-state index is 0.0231. The average Bonchev–Trinajstić information content (AvgIpc) is 2.99. The van der Waals surface area contributed by atoms with Crippen LogP contribution in [0.3, 0.4) is 0 Å². The number of hydrogen-bond donors (Lipinski definition) is 3. The summed E-state index contributed by atoms with van der Waals surface area (Å²) in [5.41, 5.74) is 6.91. The molecule has 8 heteroatoms. The van der Waals surface area contributed by atoms with Crippen molar-refractivity contribution in [2.24, 2.45) is 5.73 Å². The maximum atomic E-state index is 12.0. The lowest BCUT2D eigenvalue weighted by molar-refractivity contribution is 0.0993. The normalized spacial score (nSPS) is 10.4. The van der Waals surface area contributed by atoms with Gasteiger partial charge in [0.2, 0.25) is 0 Å². The van der Waals surface area contributed by atoms with Gasteiger partial charge in [-0.3, -0.25) is 9.78 Å². The van der Waals surface area contributed by atoms with Gasteiger partial charge in [0.1, 0.15) is 0 Å². The highest BCUT2D eigenvalue weighted by Crippen LogP contribution is 2.26. The summed E-state index contributed by atoms with van der Waals surface area (Å²) in [6.45, 7) is 0.344. The first-order valence-corrected chi connectivity index (χ1v) is 6.77. The van der Waals surface area contributed by atoms with Crippen LogP contribution in [0.15, 0.2) is 47.2 Å². The predicted molar refractivity (Wildman–Crippen MR) is 82.6 cm³/mol. The predicted octanol–water partition coefficient (Wildman–Crippen LogP) is 1.64. The van der Waals surface area contributed by atoms with Gasteiger partial charge in [-0.25, -0.2) is 4.79 Å². The standard InChI is InChI=1S/C15H13N5O3/c16-14(21)13-12-10(2-1-3-11(12)23-20-13)19-15(22)18-8-9-4-6-17-7-5-9/h1-7H,8H2,(H2,16,21)(H2,18,19,22). The van der Waals surface area contributed by atoms with Gasteiger partial charge in [-0.15, -0.1) is 0 Å². The van der Waals surface area contributed by atoms with Crippen molar-refractivity contribution in [3.8, 4) is 0 Å². The number of pyridine rings is 1. The largest absolute Gasteiger partial charge is 0.364 e. The number of aromatic nitrogens is 2. The third-order valence-corrected chi connectivity index (χ3v) is 3.18. The van der Waals surface area contributed by atoms with Gasteiger partial charge in [-0.1, -0.05) is 11.2 Å². The van der Waals surface area contributed by atoms with Gasteiger partial charge < -0.3 is 20.9 Å². The number of nitrogens with one attached hydrogen (secondary N) is 2. The number of primary amides is 1. The molecule has 0 radical (unpaired) electrons. The van der Waals surface area contributed by atoms with Crippen LogP contribution >= 0.6 is 0 Å². The van der Waals surface area contributed by atoms with Crippen LogP contribution < -0.4 is 16.4 Å². The molecule has 23 heavy (non-hydrogen) atoms. The smallest absolute Gasteiger partial charge is 0.319 e. The Morgan fingerprint density at radius 2 is 1.96 bits per heavy atom. The molecule has 8 nitrogen and oxygen atoms in total. The van der Waals surface area contributed by atoms with E-state index in [0.717, 1.165) is 5.56 Å². The summed E-state index contributed by atoms with van der Waals surface area (Å²) in [5, 5.41) is 9.37. The number of nitrogens with zero attached hydrogens (tertiary/aromatic N) is 2. The molecule has 0 unspecified atom stereocenters. The zero-order valence-corrected chi connectivity index (χ0v) is 11.9. The molecule has 3 amide bonds. The Morgan fingerprint density at radius 3 is 2.70 bits per heavy atom. The van der Waals surface area contributed by atoms with Crippen molar-refractivity contribution in [2.75, 3.05) is 5.32 Å². The summed E-state index contributed by atoms with van der Waals surface area (Å²) < 4.78 is 5.03. The van der Waals surface area contributed by atoms with Gasteiger partial charge in [0.15, 0.2) is 11.3 Å². The Morgan fingerprint density at radius 1 is 1.17 bits per heavy atom. The quantitative estimate of drug-likeness (QED) is 0.676. The molecule has 116 valence electrons. The lowest BCUT2D eigenvalue weighted by atomic mass is 10.1. The number of anilines is 1. The van der Waals surface area contributed by atoms with E-state index in [0.29, 0.717) is 23.2 Å². The average molecular weight is 311 g/mol. The third kappa shape index (κ3) is 3.10. The number of rotatable bonds is 4. The molecule has 3 aromatic rings. The van der Waals surface area contributed by atoms with E-state index < -0.39 is 11.9 Å². The van der Waals surface area contributed by atoms with Crippen molar-refractivity contribution in [1.29, 1.82) is 0 Å². The molecule has 0 aliphatic heterocycles. The monoisotopic (exact) mass is 311 g/mol. The SMILES string of the molecule is NC(=O)c1noc2cccc(NC(=O)NCc3ccncc3)c12. The number of nitrogens with two attached hydrogens (primary N) is 1. The molecule has 1 aromatic carbocycles. The molecule has 0 atom stereocenters. The number of urea groups is 1. The van der Waals surface area contributed by atoms with Gasteiger partial charge in [-0.2, -0.15) is 0 Å². The lowest BCUT2D eigenvalue weighted by Crippen LogP contribution is -2.28.